The first kappa shape index (κ1) is 19.7. The number of aromatic nitrogens is 5. The van der Waals surface area contributed by atoms with Gasteiger partial charge in [-0.05, 0) is 25.0 Å². The van der Waals surface area contributed by atoms with Crippen molar-refractivity contribution in [3.8, 4) is 5.82 Å². The highest BCUT2D eigenvalue weighted by Crippen LogP contribution is 2.13. The molecule has 0 aliphatic heterocycles. The molecule has 5 nitrogen and oxygen atoms in total. The van der Waals surface area contributed by atoms with E-state index in [1.165, 1.54) is 12.8 Å². The number of rotatable bonds is 3. The van der Waals surface area contributed by atoms with Crippen LogP contribution in [0.25, 0.3) is 16.9 Å². The van der Waals surface area contributed by atoms with Gasteiger partial charge in [0.25, 0.3) is 0 Å². The molecule has 3 rings (SSSR count). The molecule has 5 heteroatoms. The van der Waals surface area contributed by atoms with Crippen LogP contribution in [0, 0.1) is 12.8 Å². The molecule has 1 aromatic carbocycles. The zero-order valence-electron chi connectivity index (χ0n) is 15.7. The summed E-state index contributed by atoms with van der Waals surface area (Å²) < 4.78 is 1.71. The van der Waals surface area contributed by atoms with E-state index in [4.69, 9.17) is 0 Å². The van der Waals surface area contributed by atoms with Crippen LogP contribution in [0.15, 0.2) is 36.5 Å². The molecule has 24 heavy (non-hydrogen) atoms. The number of fused-ring (bicyclic) bond motifs is 1. The Kier molecular flexibility index (Phi) is 8.61. The minimum Gasteiger partial charge on any atom is -0.242 e. The molecule has 0 radical (unpaired) electrons. The van der Waals surface area contributed by atoms with E-state index in [9.17, 15) is 0 Å². The molecule has 0 aliphatic rings. The summed E-state index contributed by atoms with van der Waals surface area (Å²) in [6, 6.07) is 9.59. The Labute approximate surface area is 145 Å². The Bertz CT molecular complexity index is 718. The fourth-order valence-electron chi connectivity index (χ4n) is 2.18. The first-order valence-corrected chi connectivity index (χ1v) is 8.72. The fourth-order valence-corrected chi connectivity index (χ4v) is 2.18. The van der Waals surface area contributed by atoms with Crippen molar-refractivity contribution < 1.29 is 0 Å². The van der Waals surface area contributed by atoms with Gasteiger partial charge in [0.15, 0.2) is 5.82 Å². The average Bonchev–Trinajstić information content (AvgIpc) is 3.01. The minimum absolute atomic E-state index is 0.720. The Morgan fingerprint density at radius 3 is 2.38 bits per heavy atom. The van der Waals surface area contributed by atoms with Gasteiger partial charge in [0.2, 0.25) is 0 Å². The second kappa shape index (κ2) is 10.5. The lowest BCUT2D eigenvalue weighted by Gasteiger charge is -2.00. The van der Waals surface area contributed by atoms with Crippen molar-refractivity contribution in [2.45, 2.75) is 54.4 Å². The lowest BCUT2D eigenvalue weighted by atomic mass is 10.1. The second-order valence-corrected chi connectivity index (χ2v) is 5.63. The van der Waals surface area contributed by atoms with Crippen LogP contribution < -0.4 is 0 Å². The van der Waals surface area contributed by atoms with Crippen LogP contribution in [0.5, 0.6) is 0 Å². The predicted octanol–water partition coefficient (Wildman–Crippen LogP) is 4.99. The third-order valence-electron chi connectivity index (χ3n) is 3.20. The smallest absolute Gasteiger partial charge is 0.159 e. The summed E-state index contributed by atoms with van der Waals surface area (Å²) in [4.78, 5) is 8.37. The monoisotopic (exact) mass is 327 g/mol. The Hall–Kier alpha value is -2.30. The van der Waals surface area contributed by atoms with Crippen molar-refractivity contribution in [3.63, 3.8) is 0 Å². The Balaban J connectivity index is 0.000000309. The van der Waals surface area contributed by atoms with Gasteiger partial charge >= 0.3 is 0 Å². The van der Waals surface area contributed by atoms with E-state index >= 15 is 0 Å². The second-order valence-electron chi connectivity index (χ2n) is 5.63. The third-order valence-corrected chi connectivity index (χ3v) is 3.20. The highest BCUT2D eigenvalue weighted by molar-refractivity contribution is 5.75. The quantitative estimate of drug-likeness (QED) is 0.680. The number of hydrogen-bond acceptors (Lipinski definition) is 4. The molecule has 130 valence electrons. The minimum atomic E-state index is 0.720. The van der Waals surface area contributed by atoms with Gasteiger partial charge in [-0.25, -0.2) is 9.97 Å². The molecule has 0 N–H and O–H groups in total. The van der Waals surface area contributed by atoms with E-state index in [-0.39, 0.29) is 0 Å². The van der Waals surface area contributed by atoms with Gasteiger partial charge in [-0.15, -0.1) is 5.10 Å². The number of nitrogens with zero attached hydrogens (tertiary/aromatic N) is 5. The van der Waals surface area contributed by atoms with Crippen molar-refractivity contribution in [1.29, 1.82) is 0 Å². The summed E-state index contributed by atoms with van der Waals surface area (Å²) in [5.41, 5.74) is 1.80. The molecule has 0 spiro atoms. The first-order valence-electron chi connectivity index (χ1n) is 8.72. The van der Waals surface area contributed by atoms with Gasteiger partial charge in [-0.1, -0.05) is 64.8 Å². The molecule has 2 heterocycles. The van der Waals surface area contributed by atoms with Crippen LogP contribution in [0.3, 0.4) is 0 Å². The van der Waals surface area contributed by atoms with E-state index in [1.807, 2.05) is 51.1 Å². The zero-order valence-corrected chi connectivity index (χ0v) is 15.7. The lowest BCUT2D eigenvalue weighted by molar-refractivity contribution is 0.576. The molecule has 0 aliphatic carbocycles. The molecule has 2 aromatic heterocycles. The maximum atomic E-state index is 4.32. The molecular formula is C19H29N5. The highest BCUT2D eigenvalue weighted by Gasteiger charge is 2.06. The van der Waals surface area contributed by atoms with Gasteiger partial charge < -0.3 is 0 Å². The molecule has 0 fully saturated rings. The maximum absolute atomic E-state index is 4.32. The van der Waals surface area contributed by atoms with Crippen LogP contribution >= 0.6 is 0 Å². The fraction of sp³-hybridized carbons (Fsp3) is 0.474. The van der Waals surface area contributed by atoms with Crippen molar-refractivity contribution in [2.24, 2.45) is 5.92 Å². The van der Waals surface area contributed by atoms with E-state index in [1.54, 1.807) is 10.9 Å². The maximum Gasteiger partial charge on any atom is 0.159 e. The van der Waals surface area contributed by atoms with Crippen molar-refractivity contribution in [1.82, 2.24) is 25.0 Å². The summed E-state index contributed by atoms with van der Waals surface area (Å²) in [5.74, 6) is 2.35. The van der Waals surface area contributed by atoms with Crippen LogP contribution in [0.2, 0.25) is 0 Å². The van der Waals surface area contributed by atoms with E-state index in [2.05, 4.69) is 41.1 Å². The summed E-state index contributed by atoms with van der Waals surface area (Å²) in [7, 11) is 0. The van der Waals surface area contributed by atoms with Crippen molar-refractivity contribution in [3.05, 3.63) is 42.4 Å². The van der Waals surface area contributed by atoms with Crippen LogP contribution in [-0.2, 0) is 0 Å². The number of aryl methyl sites for hydroxylation is 1. The molecular weight excluding hydrogens is 298 g/mol. The Morgan fingerprint density at radius 1 is 1.08 bits per heavy atom. The van der Waals surface area contributed by atoms with Gasteiger partial charge in [0, 0.05) is 12.3 Å². The number of benzene rings is 1. The molecule has 3 aromatic rings. The normalized spacial score (nSPS) is 9.96. The van der Waals surface area contributed by atoms with Gasteiger partial charge in [0.05, 0.1) is 5.52 Å². The van der Waals surface area contributed by atoms with E-state index < -0.39 is 0 Å². The van der Waals surface area contributed by atoms with Crippen LogP contribution in [0.4, 0.5) is 0 Å². The molecule has 0 saturated carbocycles. The molecule has 0 saturated heterocycles. The molecule has 0 unspecified atom stereocenters. The lowest BCUT2D eigenvalue weighted by Crippen LogP contribution is -2.01. The highest BCUT2D eigenvalue weighted by atomic mass is 15.4. The topological polar surface area (TPSA) is 56.5 Å². The zero-order chi connectivity index (χ0) is 17.9. The molecule has 0 atom stereocenters. The summed E-state index contributed by atoms with van der Waals surface area (Å²) >= 11 is 0. The third kappa shape index (κ3) is 5.72. The van der Waals surface area contributed by atoms with Crippen LogP contribution in [-0.4, -0.2) is 25.0 Å². The number of para-hydroxylation sites is 1. The molecule has 0 amide bonds. The molecule has 0 bridgehead atoms. The average molecular weight is 327 g/mol. The first-order chi connectivity index (χ1) is 11.6. The standard InChI is InChI=1S/C11H9N5.C6H14.C2H6/c1-8-12-7-6-11(13-8)16-10-5-3-2-4-9(10)14-15-16;1-4-5-6(2)3;1-2/h2-7H,1H3;6H,4-5H2,1-3H3;1-2H3. The van der Waals surface area contributed by atoms with Crippen LogP contribution in [0.1, 0.15) is 53.3 Å². The predicted molar refractivity (Wildman–Crippen MR) is 100 cm³/mol. The van der Waals surface area contributed by atoms with E-state index in [0.717, 1.165) is 28.6 Å². The number of hydrogen-bond donors (Lipinski definition) is 0. The summed E-state index contributed by atoms with van der Waals surface area (Å²) in [6.45, 7) is 12.6. The van der Waals surface area contributed by atoms with Gasteiger partial charge in [-0.3, -0.25) is 0 Å². The van der Waals surface area contributed by atoms with Crippen molar-refractivity contribution >= 4 is 11.0 Å². The van der Waals surface area contributed by atoms with Crippen molar-refractivity contribution in [2.75, 3.05) is 0 Å². The summed E-state index contributed by atoms with van der Waals surface area (Å²) in [6.07, 6.45) is 4.42. The van der Waals surface area contributed by atoms with Gasteiger partial charge in [0.1, 0.15) is 11.3 Å². The summed E-state index contributed by atoms with van der Waals surface area (Å²) in [5, 5.41) is 8.16. The van der Waals surface area contributed by atoms with Gasteiger partial charge in [-0.2, -0.15) is 4.68 Å². The van der Waals surface area contributed by atoms with E-state index in [0.29, 0.717) is 0 Å². The largest absolute Gasteiger partial charge is 0.242 e. The Morgan fingerprint density at radius 2 is 1.79 bits per heavy atom. The SMILES string of the molecule is CC.CCCC(C)C.Cc1nccc(-n2nnc3ccccc32)n1.